The van der Waals surface area contributed by atoms with Crippen LogP contribution in [0, 0.1) is 5.92 Å². The van der Waals surface area contributed by atoms with Crippen LogP contribution in [0.3, 0.4) is 0 Å². The van der Waals surface area contributed by atoms with E-state index in [2.05, 4.69) is 31.8 Å². The lowest BCUT2D eigenvalue weighted by atomic mass is 9.88. The molecule has 2 amide bonds. The van der Waals surface area contributed by atoms with Crippen LogP contribution in [0.5, 0.6) is 0 Å². The molecule has 1 saturated carbocycles. The topological polar surface area (TPSA) is 70.6 Å². The smallest absolute Gasteiger partial charge is 0.271 e. The van der Waals surface area contributed by atoms with Crippen molar-refractivity contribution in [3.8, 4) is 0 Å². The van der Waals surface area contributed by atoms with Crippen LogP contribution in [0.4, 0.5) is 5.69 Å². The molecular formula is C22H24BrN3O2. The highest BCUT2D eigenvalue weighted by atomic mass is 79.9. The van der Waals surface area contributed by atoms with Crippen LogP contribution in [-0.4, -0.2) is 17.5 Å². The minimum Gasteiger partial charge on any atom is -0.326 e. The maximum Gasteiger partial charge on any atom is 0.271 e. The Morgan fingerprint density at radius 3 is 2.39 bits per heavy atom. The van der Waals surface area contributed by atoms with Gasteiger partial charge >= 0.3 is 0 Å². The Hall–Kier alpha value is -2.47. The molecule has 0 aromatic heterocycles. The SMILES string of the molecule is C/C(=N/NC(=O)c1cccc(Br)c1)c1ccc(NC(=O)C2CCCCC2)cc1. The maximum atomic E-state index is 12.3. The molecule has 6 heteroatoms. The van der Waals surface area contributed by atoms with Gasteiger partial charge in [-0.3, -0.25) is 9.59 Å². The summed E-state index contributed by atoms with van der Waals surface area (Å²) in [5.74, 6) is -0.0268. The van der Waals surface area contributed by atoms with Gasteiger partial charge in [-0.1, -0.05) is 53.4 Å². The van der Waals surface area contributed by atoms with E-state index < -0.39 is 0 Å². The highest BCUT2D eigenvalue weighted by Gasteiger charge is 2.20. The van der Waals surface area contributed by atoms with E-state index in [0.717, 1.165) is 41.4 Å². The van der Waals surface area contributed by atoms with Crippen molar-refractivity contribution in [1.82, 2.24) is 5.43 Å². The molecule has 146 valence electrons. The second-order valence-corrected chi connectivity index (χ2v) is 7.97. The van der Waals surface area contributed by atoms with Crippen LogP contribution in [-0.2, 0) is 4.79 Å². The van der Waals surface area contributed by atoms with E-state index in [-0.39, 0.29) is 17.7 Å². The summed E-state index contributed by atoms with van der Waals surface area (Å²) in [6.45, 7) is 1.83. The number of rotatable bonds is 5. The van der Waals surface area contributed by atoms with E-state index in [0.29, 0.717) is 11.3 Å². The number of hydrazone groups is 1. The molecule has 0 unspecified atom stereocenters. The Labute approximate surface area is 173 Å². The normalized spacial score (nSPS) is 15.1. The number of hydrogen-bond donors (Lipinski definition) is 2. The molecule has 2 aromatic carbocycles. The summed E-state index contributed by atoms with van der Waals surface area (Å²) >= 11 is 3.35. The van der Waals surface area contributed by atoms with Gasteiger partial charge in [-0.2, -0.15) is 5.10 Å². The summed E-state index contributed by atoms with van der Waals surface area (Å²) in [6.07, 6.45) is 5.46. The maximum absolute atomic E-state index is 12.3. The number of nitrogens with zero attached hydrogens (tertiary/aromatic N) is 1. The molecule has 0 spiro atoms. The zero-order chi connectivity index (χ0) is 19.9. The number of halogens is 1. The molecule has 28 heavy (non-hydrogen) atoms. The molecule has 0 saturated heterocycles. The van der Waals surface area contributed by atoms with Crippen LogP contribution >= 0.6 is 15.9 Å². The number of carbonyl (C=O) groups excluding carboxylic acids is 2. The first-order valence-electron chi connectivity index (χ1n) is 9.54. The summed E-state index contributed by atoms with van der Waals surface area (Å²) in [4.78, 5) is 24.5. The van der Waals surface area contributed by atoms with Gasteiger partial charge in [-0.05, 0) is 55.7 Å². The fourth-order valence-corrected chi connectivity index (χ4v) is 3.70. The van der Waals surface area contributed by atoms with Gasteiger partial charge in [0.05, 0.1) is 5.71 Å². The molecular weight excluding hydrogens is 418 g/mol. The lowest BCUT2D eigenvalue weighted by Crippen LogP contribution is -2.24. The lowest BCUT2D eigenvalue weighted by Gasteiger charge is -2.20. The van der Waals surface area contributed by atoms with Gasteiger partial charge in [-0.15, -0.1) is 0 Å². The number of benzene rings is 2. The molecule has 0 radical (unpaired) electrons. The van der Waals surface area contributed by atoms with E-state index >= 15 is 0 Å². The third-order valence-electron chi connectivity index (χ3n) is 4.96. The molecule has 1 fully saturated rings. The van der Waals surface area contributed by atoms with E-state index in [1.807, 2.05) is 37.3 Å². The number of hydrogen-bond acceptors (Lipinski definition) is 3. The van der Waals surface area contributed by atoms with Crippen molar-refractivity contribution in [2.75, 3.05) is 5.32 Å². The summed E-state index contributed by atoms with van der Waals surface area (Å²) < 4.78 is 0.840. The highest BCUT2D eigenvalue weighted by molar-refractivity contribution is 9.10. The van der Waals surface area contributed by atoms with Crippen molar-refractivity contribution in [2.24, 2.45) is 11.0 Å². The average Bonchev–Trinajstić information content (AvgIpc) is 2.73. The van der Waals surface area contributed by atoms with Crippen LogP contribution < -0.4 is 10.7 Å². The Morgan fingerprint density at radius 1 is 1.00 bits per heavy atom. The summed E-state index contributed by atoms with van der Waals surface area (Å²) in [5, 5.41) is 7.18. The fraction of sp³-hybridized carbons (Fsp3) is 0.318. The van der Waals surface area contributed by atoms with E-state index in [1.165, 1.54) is 6.42 Å². The molecule has 1 aliphatic carbocycles. The largest absolute Gasteiger partial charge is 0.326 e. The van der Waals surface area contributed by atoms with Crippen LogP contribution in [0.2, 0.25) is 0 Å². The molecule has 0 bridgehead atoms. The molecule has 1 aliphatic rings. The second-order valence-electron chi connectivity index (χ2n) is 7.05. The third kappa shape index (κ3) is 5.52. The molecule has 0 aliphatic heterocycles. The van der Waals surface area contributed by atoms with Crippen molar-refractivity contribution in [1.29, 1.82) is 0 Å². The summed E-state index contributed by atoms with van der Waals surface area (Å²) in [7, 11) is 0. The van der Waals surface area contributed by atoms with Gasteiger partial charge in [-0.25, -0.2) is 5.43 Å². The van der Waals surface area contributed by atoms with Crippen molar-refractivity contribution in [3.63, 3.8) is 0 Å². The predicted molar refractivity (Wildman–Crippen MR) is 115 cm³/mol. The standard InChI is InChI=1S/C22H24BrN3O2/c1-15(25-26-22(28)18-8-5-9-19(23)14-18)16-10-12-20(13-11-16)24-21(27)17-6-3-2-4-7-17/h5,8-14,17H,2-4,6-7H2,1H3,(H,24,27)(H,26,28)/b25-15-. The quantitative estimate of drug-likeness (QED) is 0.498. The van der Waals surface area contributed by atoms with Gasteiger partial charge in [0.25, 0.3) is 5.91 Å². The zero-order valence-corrected chi connectivity index (χ0v) is 17.5. The minimum absolute atomic E-state index is 0.110. The third-order valence-corrected chi connectivity index (χ3v) is 5.45. The Bertz CT molecular complexity index is 872. The molecule has 3 rings (SSSR count). The zero-order valence-electron chi connectivity index (χ0n) is 15.9. The van der Waals surface area contributed by atoms with Gasteiger partial charge in [0.15, 0.2) is 0 Å². The molecule has 2 N–H and O–H groups in total. The second kappa shape index (κ2) is 9.64. The predicted octanol–water partition coefficient (Wildman–Crippen LogP) is 5.12. The van der Waals surface area contributed by atoms with E-state index in [9.17, 15) is 9.59 Å². The van der Waals surface area contributed by atoms with Crippen molar-refractivity contribution in [2.45, 2.75) is 39.0 Å². The highest BCUT2D eigenvalue weighted by Crippen LogP contribution is 2.25. The number of nitrogens with one attached hydrogen (secondary N) is 2. The van der Waals surface area contributed by atoms with Crippen molar-refractivity contribution in [3.05, 3.63) is 64.1 Å². The first-order chi connectivity index (χ1) is 13.5. The number of carbonyl (C=O) groups is 2. The van der Waals surface area contributed by atoms with Crippen LogP contribution in [0.15, 0.2) is 58.1 Å². The Kier molecular flexibility index (Phi) is 6.98. The molecule has 0 atom stereocenters. The first-order valence-corrected chi connectivity index (χ1v) is 10.3. The molecule has 5 nitrogen and oxygen atoms in total. The Balaban J connectivity index is 1.58. The van der Waals surface area contributed by atoms with Crippen LogP contribution in [0.1, 0.15) is 54.9 Å². The summed E-state index contributed by atoms with van der Waals surface area (Å²) in [5.41, 5.74) is 5.46. The van der Waals surface area contributed by atoms with Gasteiger partial charge in [0.2, 0.25) is 5.91 Å². The van der Waals surface area contributed by atoms with Gasteiger partial charge in [0, 0.05) is 21.6 Å². The van der Waals surface area contributed by atoms with Crippen LogP contribution in [0.25, 0.3) is 0 Å². The van der Waals surface area contributed by atoms with E-state index in [1.54, 1.807) is 18.2 Å². The number of amides is 2. The van der Waals surface area contributed by atoms with Gasteiger partial charge in [0.1, 0.15) is 0 Å². The minimum atomic E-state index is -0.267. The van der Waals surface area contributed by atoms with Crippen molar-refractivity contribution < 1.29 is 9.59 Å². The molecule has 2 aromatic rings. The fourth-order valence-electron chi connectivity index (χ4n) is 3.30. The van der Waals surface area contributed by atoms with Crippen molar-refractivity contribution >= 4 is 39.1 Å². The number of anilines is 1. The molecule has 0 heterocycles. The average molecular weight is 442 g/mol. The monoisotopic (exact) mass is 441 g/mol. The summed E-state index contributed by atoms with van der Waals surface area (Å²) in [6, 6.07) is 14.6. The first kappa shape index (κ1) is 20.3. The van der Waals surface area contributed by atoms with Gasteiger partial charge < -0.3 is 5.32 Å². The lowest BCUT2D eigenvalue weighted by molar-refractivity contribution is -0.120. The van der Waals surface area contributed by atoms with E-state index in [4.69, 9.17) is 0 Å². The Morgan fingerprint density at radius 2 is 1.71 bits per heavy atom.